The second kappa shape index (κ2) is 7.31. The molecule has 23 heavy (non-hydrogen) atoms. The monoisotopic (exact) mass is 343 g/mol. The Bertz CT molecular complexity index is 554. The molecule has 0 saturated carbocycles. The van der Waals surface area contributed by atoms with E-state index in [0.717, 1.165) is 16.4 Å². The molecule has 1 aromatic rings. The predicted octanol–water partition coefficient (Wildman–Crippen LogP) is 4.40. The van der Waals surface area contributed by atoms with Gasteiger partial charge in [0.1, 0.15) is 15.5 Å². The highest BCUT2D eigenvalue weighted by atomic mass is 32.1. The van der Waals surface area contributed by atoms with E-state index in [1.54, 1.807) is 39.8 Å². The van der Waals surface area contributed by atoms with Gasteiger partial charge in [0.05, 0.1) is 12.2 Å². The van der Waals surface area contributed by atoms with Crippen LogP contribution < -0.4 is 5.06 Å². The number of hydrogen-bond acceptors (Lipinski definition) is 6. The predicted molar refractivity (Wildman–Crippen MR) is 89.8 cm³/mol. The fourth-order valence-electron chi connectivity index (χ4n) is 1.50. The number of anilines is 1. The van der Waals surface area contributed by atoms with Crippen LogP contribution in [0.1, 0.15) is 58.1 Å². The molecule has 0 atom stereocenters. The van der Waals surface area contributed by atoms with Gasteiger partial charge in [0, 0.05) is 0 Å². The van der Waals surface area contributed by atoms with Gasteiger partial charge in [0.25, 0.3) is 0 Å². The summed E-state index contributed by atoms with van der Waals surface area (Å²) in [6.07, 6.45) is -0.635. The van der Waals surface area contributed by atoms with Gasteiger partial charge in [-0.3, -0.25) is 4.84 Å². The minimum Gasteiger partial charge on any atom is -0.462 e. The average Bonchev–Trinajstić information content (AvgIpc) is 2.82. The minimum absolute atomic E-state index is 0.292. The zero-order chi connectivity index (χ0) is 17.8. The van der Waals surface area contributed by atoms with E-state index >= 15 is 0 Å². The normalized spacial score (nSPS) is 12.0. The van der Waals surface area contributed by atoms with Gasteiger partial charge >= 0.3 is 12.1 Å². The number of carbonyl (C=O) groups excluding carboxylic acids is 2. The van der Waals surface area contributed by atoms with Gasteiger partial charge in [0.2, 0.25) is 0 Å². The summed E-state index contributed by atoms with van der Waals surface area (Å²) in [5, 5.41) is 1.54. The third-order valence-corrected chi connectivity index (χ3v) is 3.23. The SMILES string of the molecule is CCOC(=O)c1ccc(N(OC(C)(C)C)C(=O)OC(C)(C)C)s1. The van der Waals surface area contributed by atoms with Crippen LogP contribution in [0.4, 0.5) is 9.80 Å². The molecule has 0 aliphatic carbocycles. The molecule has 0 fully saturated rings. The van der Waals surface area contributed by atoms with Gasteiger partial charge in [-0.05, 0) is 60.6 Å². The molecular weight excluding hydrogens is 318 g/mol. The first-order chi connectivity index (χ1) is 10.4. The number of thiophene rings is 1. The van der Waals surface area contributed by atoms with E-state index in [2.05, 4.69) is 0 Å². The van der Waals surface area contributed by atoms with E-state index < -0.39 is 23.3 Å². The van der Waals surface area contributed by atoms with Crippen molar-refractivity contribution in [2.24, 2.45) is 0 Å². The molecule has 130 valence electrons. The minimum atomic E-state index is -0.655. The third kappa shape index (κ3) is 6.58. The Kier molecular flexibility index (Phi) is 6.18. The van der Waals surface area contributed by atoms with Crippen molar-refractivity contribution >= 4 is 28.4 Å². The van der Waals surface area contributed by atoms with E-state index in [0.29, 0.717) is 16.5 Å². The number of hydrogen-bond donors (Lipinski definition) is 0. The number of rotatable bonds is 4. The van der Waals surface area contributed by atoms with E-state index in [1.165, 1.54) is 0 Å². The Hall–Kier alpha value is -1.60. The van der Waals surface area contributed by atoms with Crippen molar-refractivity contribution < 1.29 is 23.9 Å². The standard InChI is InChI=1S/C16H25NO5S/c1-8-20-13(18)11-9-10-12(23-11)17(22-16(5,6)7)14(19)21-15(2,3)4/h9-10H,8H2,1-7H3. The second-order valence-corrected chi connectivity index (χ2v) is 7.90. The summed E-state index contributed by atoms with van der Waals surface area (Å²) < 4.78 is 10.3. The molecule has 1 rings (SSSR count). The van der Waals surface area contributed by atoms with Crippen LogP contribution in [0.3, 0.4) is 0 Å². The van der Waals surface area contributed by atoms with Crippen molar-refractivity contribution in [2.45, 2.75) is 59.7 Å². The summed E-state index contributed by atoms with van der Waals surface area (Å²) in [5.74, 6) is -0.427. The molecule has 6 nitrogen and oxygen atoms in total. The van der Waals surface area contributed by atoms with Crippen LogP contribution in [0.25, 0.3) is 0 Å². The largest absolute Gasteiger partial charge is 0.462 e. The number of carbonyl (C=O) groups is 2. The summed E-state index contributed by atoms with van der Waals surface area (Å²) in [7, 11) is 0. The molecule has 0 aromatic carbocycles. The van der Waals surface area contributed by atoms with Crippen LogP contribution in [0.5, 0.6) is 0 Å². The van der Waals surface area contributed by atoms with Crippen LogP contribution in [0.2, 0.25) is 0 Å². The fourth-order valence-corrected chi connectivity index (χ4v) is 2.33. The Morgan fingerprint density at radius 1 is 1.09 bits per heavy atom. The van der Waals surface area contributed by atoms with Crippen LogP contribution >= 0.6 is 11.3 Å². The van der Waals surface area contributed by atoms with Crippen LogP contribution in [0.15, 0.2) is 12.1 Å². The highest BCUT2D eigenvalue weighted by Gasteiger charge is 2.30. The molecule has 0 spiro atoms. The molecule has 0 N–H and O–H groups in total. The Morgan fingerprint density at radius 2 is 1.70 bits per heavy atom. The maximum Gasteiger partial charge on any atom is 0.440 e. The van der Waals surface area contributed by atoms with Gasteiger partial charge < -0.3 is 9.47 Å². The van der Waals surface area contributed by atoms with Crippen molar-refractivity contribution in [2.75, 3.05) is 11.7 Å². The zero-order valence-corrected chi connectivity index (χ0v) is 15.6. The molecule has 1 aromatic heterocycles. The first kappa shape index (κ1) is 19.4. The summed E-state index contributed by atoms with van der Waals surface area (Å²) in [6.45, 7) is 12.8. The molecule has 0 unspecified atom stereocenters. The summed E-state index contributed by atoms with van der Waals surface area (Å²) in [6, 6.07) is 3.23. The Balaban J connectivity index is 3.05. The van der Waals surface area contributed by atoms with Crippen molar-refractivity contribution in [3.05, 3.63) is 17.0 Å². The van der Waals surface area contributed by atoms with E-state index in [4.69, 9.17) is 14.3 Å². The highest BCUT2D eigenvalue weighted by Crippen LogP contribution is 2.30. The Morgan fingerprint density at radius 3 is 2.17 bits per heavy atom. The fraction of sp³-hybridized carbons (Fsp3) is 0.625. The van der Waals surface area contributed by atoms with Crippen LogP contribution in [-0.2, 0) is 14.3 Å². The van der Waals surface area contributed by atoms with E-state index in [-0.39, 0.29) is 0 Å². The first-order valence-electron chi connectivity index (χ1n) is 7.42. The lowest BCUT2D eigenvalue weighted by Gasteiger charge is -2.30. The lowest BCUT2D eigenvalue weighted by Crippen LogP contribution is -2.41. The Labute approximate surface area is 141 Å². The van der Waals surface area contributed by atoms with Crippen molar-refractivity contribution in [1.82, 2.24) is 0 Å². The smallest absolute Gasteiger partial charge is 0.440 e. The zero-order valence-electron chi connectivity index (χ0n) is 14.8. The maximum atomic E-state index is 12.4. The van der Waals surface area contributed by atoms with Gasteiger partial charge in [-0.25, -0.2) is 9.59 Å². The second-order valence-electron chi connectivity index (χ2n) is 6.84. The highest BCUT2D eigenvalue weighted by molar-refractivity contribution is 7.18. The lowest BCUT2D eigenvalue weighted by molar-refractivity contribution is -0.0348. The topological polar surface area (TPSA) is 65.1 Å². The third-order valence-electron chi connectivity index (χ3n) is 2.19. The maximum absolute atomic E-state index is 12.4. The van der Waals surface area contributed by atoms with Gasteiger partial charge in [-0.2, -0.15) is 0 Å². The summed E-state index contributed by atoms with van der Waals surface area (Å²) >= 11 is 1.11. The van der Waals surface area contributed by atoms with Gasteiger partial charge in [-0.1, -0.05) is 0 Å². The average molecular weight is 343 g/mol. The van der Waals surface area contributed by atoms with Gasteiger partial charge in [0.15, 0.2) is 0 Å². The number of amides is 1. The molecule has 1 amide bonds. The van der Waals surface area contributed by atoms with Crippen LogP contribution in [0, 0.1) is 0 Å². The molecule has 0 radical (unpaired) electrons. The van der Waals surface area contributed by atoms with Crippen molar-refractivity contribution in [3.63, 3.8) is 0 Å². The first-order valence-corrected chi connectivity index (χ1v) is 8.24. The number of esters is 1. The molecule has 0 saturated heterocycles. The van der Waals surface area contributed by atoms with Gasteiger partial charge in [-0.15, -0.1) is 16.4 Å². The van der Waals surface area contributed by atoms with Crippen molar-refractivity contribution in [1.29, 1.82) is 0 Å². The van der Waals surface area contributed by atoms with Crippen molar-refractivity contribution in [3.8, 4) is 0 Å². The summed E-state index contributed by atoms with van der Waals surface area (Å²) in [5.41, 5.74) is -1.26. The molecule has 1 heterocycles. The van der Waals surface area contributed by atoms with E-state index in [1.807, 2.05) is 20.8 Å². The lowest BCUT2D eigenvalue weighted by atomic mass is 10.2. The molecular formula is C16H25NO5S. The number of nitrogens with zero attached hydrogens (tertiary/aromatic N) is 1. The van der Waals surface area contributed by atoms with E-state index in [9.17, 15) is 9.59 Å². The number of ether oxygens (including phenoxy) is 2. The molecule has 0 aliphatic heterocycles. The quantitative estimate of drug-likeness (QED) is 0.599. The molecule has 0 aliphatic rings. The molecule has 7 heteroatoms. The summed E-state index contributed by atoms with van der Waals surface area (Å²) in [4.78, 5) is 30.3. The van der Waals surface area contributed by atoms with Crippen LogP contribution in [-0.4, -0.2) is 29.9 Å². The molecule has 0 bridgehead atoms. The number of hydroxylamine groups is 1.